The second kappa shape index (κ2) is 6.93. The molecule has 2 N–H and O–H groups in total. The first-order valence-corrected chi connectivity index (χ1v) is 12.5. The number of nitrogens with zero attached hydrogens (tertiary/aromatic N) is 1. The molecule has 2 aromatic carbocycles. The van der Waals surface area contributed by atoms with Gasteiger partial charge in [-0.05, 0) is 59.3 Å². The maximum Gasteiger partial charge on any atom is 0.213 e. The lowest BCUT2D eigenvalue weighted by Crippen LogP contribution is -2.34. The molecular formula is C24H30N2O2S. The fourth-order valence-electron chi connectivity index (χ4n) is 6.45. The summed E-state index contributed by atoms with van der Waals surface area (Å²) in [5.74, 6) is 2.06. The van der Waals surface area contributed by atoms with Crippen LogP contribution in [0.25, 0.3) is 0 Å². The minimum Gasteiger partial charge on any atom is -0.302 e. The first-order chi connectivity index (χ1) is 13.9. The van der Waals surface area contributed by atoms with Crippen LogP contribution in [0, 0.1) is 17.8 Å². The molecule has 3 aliphatic rings. The van der Waals surface area contributed by atoms with Crippen LogP contribution in [0.2, 0.25) is 0 Å². The number of piperidine rings is 1. The topological polar surface area (TPSA) is 63.4 Å². The summed E-state index contributed by atoms with van der Waals surface area (Å²) in [4.78, 5) is 2.67. The number of primary sulfonamides is 1. The monoisotopic (exact) mass is 410 g/mol. The molecule has 1 heterocycles. The van der Waals surface area contributed by atoms with Crippen LogP contribution in [0.15, 0.2) is 48.5 Å². The Morgan fingerprint density at radius 3 is 2.28 bits per heavy atom. The van der Waals surface area contributed by atoms with Crippen molar-refractivity contribution < 1.29 is 8.42 Å². The minimum atomic E-state index is -3.50. The number of benzene rings is 2. The van der Waals surface area contributed by atoms with Gasteiger partial charge in [-0.25, -0.2) is 13.6 Å². The fraction of sp³-hybridized carbons (Fsp3) is 0.500. The Kier molecular flexibility index (Phi) is 4.61. The number of nitrogens with two attached hydrogens (primary N) is 1. The zero-order valence-corrected chi connectivity index (χ0v) is 17.9. The van der Waals surface area contributed by atoms with E-state index in [9.17, 15) is 8.42 Å². The molecule has 1 aliphatic heterocycles. The van der Waals surface area contributed by atoms with Crippen LogP contribution >= 0.6 is 0 Å². The van der Waals surface area contributed by atoms with E-state index in [0.717, 1.165) is 17.9 Å². The standard InChI is InChI=1S/C24H30N2O2S/c1-2-24(21-9-5-6-17(12-21)16-29(25,27)28)22-14-26(15-23(22)24)13-18-10-19-7-3-4-8-20(19)11-18/h3-9,12,18,22-23H,2,10-11,13-16H2,1H3,(H2,25,27,28). The van der Waals surface area contributed by atoms with E-state index in [0.29, 0.717) is 11.8 Å². The van der Waals surface area contributed by atoms with Crippen LogP contribution in [0.1, 0.15) is 35.6 Å². The fourth-order valence-corrected chi connectivity index (χ4v) is 7.09. The number of hydrogen-bond acceptors (Lipinski definition) is 3. The summed E-state index contributed by atoms with van der Waals surface area (Å²) in [5, 5.41) is 5.26. The third-order valence-electron chi connectivity index (χ3n) is 7.68. The molecule has 1 saturated carbocycles. The Morgan fingerprint density at radius 2 is 1.69 bits per heavy atom. The molecule has 2 aliphatic carbocycles. The van der Waals surface area contributed by atoms with Gasteiger partial charge in [0.2, 0.25) is 10.0 Å². The number of hydrogen-bond donors (Lipinski definition) is 1. The second-order valence-electron chi connectivity index (χ2n) is 9.38. The van der Waals surface area contributed by atoms with E-state index >= 15 is 0 Å². The first kappa shape index (κ1) is 19.3. The predicted octanol–water partition coefficient (Wildman–Crippen LogP) is 3.10. The first-order valence-electron chi connectivity index (χ1n) is 10.8. The molecule has 29 heavy (non-hydrogen) atoms. The Labute approximate surface area is 174 Å². The quantitative estimate of drug-likeness (QED) is 0.796. The van der Waals surface area contributed by atoms with Gasteiger partial charge in [-0.1, -0.05) is 55.5 Å². The average molecular weight is 411 g/mol. The zero-order valence-electron chi connectivity index (χ0n) is 17.0. The van der Waals surface area contributed by atoms with Crippen molar-refractivity contribution in [3.05, 3.63) is 70.8 Å². The van der Waals surface area contributed by atoms with E-state index in [1.807, 2.05) is 12.1 Å². The summed E-state index contributed by atoms with van der Waals surface area (Å²) >= 11 is 0. The van der Waals surface area contributed by atoms with Gasteiger partial charge in [0.05, 0.1) is 5.75 Å². The third kappa shape index (κ3) is 3.43. The molecule has 2 unspecified atom stereocenters. The summed E-state index contributed by atoms with van der Waals surface area (Å²) < 4.78 is 23.0. The Balaban J connectivity index is 1.25. The van der Waals surface area contributed by atoms with Crippen molar-refractivity contribution in [1.29, 1.82) is 0 Å². The third-order valence-corrected chi connectivity index (χ3v) is 8.41. The van der Waals surface area contributed by atoms with Gasteiger partial charge in [-0.3, -0.25) is 0 Å². The number of fused-ring (bicyclic) bond motifs is 2. The molecule has 2 atom stereocenters. The molecule has 5 heteroatoms. The maximum atomic E-state index is 11.5. The summed E-state index contributed by atoms with van der Waals surface area (Å²) in [6, 6.07) is 17.0. The Bertz CT molecular complexity index is 996. The highest BCUT2D eigenvalue weighted by molar-refractivity contribution is 7.88. The van der Waals surface area contributed by atoms with Gasteiger partial charge in [-0.15, -0.1) is 0 Å². The van der Waals surface area contributed by atoms with Crippen molar-refractivity contribution in [1.82, 2.24) is 4.90 Å². The summed E-state index contributed by atoms with van der Waals surface area (Å²) in [5.41, 5.74) is 5.42. The lowest BCUT2D eigenvalue weighted by molar-refractivity contribution is 0.233. The lowest BCUT2D eigenvalue weighted by Gasteiger charge is -2.28. The normalized spacial score (nSPS) is 29.0. The van der Waals surface area contributed by atoms with Crippen molar-refractivity contribution in [2.75, 3.05) is 19.6 Å². The van der Waals surface area contributed by atoms with Crippen molar-refractivity contribution >= 4 is 10.0 Å². The smallest absolute Gasteiger partial charge is 0.213 e. The maximum absolute atomic E-state index is 11.5. The van der Waals surface area contributed by atoms with E-state index in [4.69, 9.17) is 5.14 Å². The molecule has 5 rings (SSSR count). The van der Waals surface area contributed by atoms with E-state index in [1.54, 1.807) is 0 Å². The minimum absolute atomic E-state index is 0.0790. The van der Waals surface area contributed by atoms with Gasteiger partial charge in [0.15, 0.2) is 0 Å². The van der Waals surface area contributed by atoms with Crippen molar-refractivity contribution in [2.45, 2.75) is 37.4 Å². The predicted molar refractivity (Wildman–Crippen MR) is 116 cm³/mol. The molecule has 4 nitrogen and oxygen atoms in total. The number of likely N-dealkylation sites (tertiary alicyclic amines) is 1. The van der Waals surface area contributed by atoms with Crippen LogP contribution in [-0.4, -0.2) is 33.0 Å². The Hall–Kier alpha value is -1.69. The van der Waals surface area contributed by atoms with Gasteiger partial charge >= 0.3 is 0 Å². The van der Waals surface area contributed by atoms with Crippen molar-refractivity contribution in [3.8, 4) is 0 Å². The second-order valence-corrected chi connectivity index (χ2v) is 11.0. The van der Waals surface area contributed by atoms with E-state index in [2.05, 4.69) is 48.2 Å². The molecule has 154 valence electrons. The van der Waals surface area contributed by atoms with E-state index < -0.39 is 10.0 Å². The molecular weight excluding hydrogens is 380 g/mol. The van der Waals surface area contributed by atoms with Gasteiger partial charge in [0, 0.05) is 25.0 Å². The SMILES string of the molecule is CCC1(c2cccc(CS(N)(=O)=O)c2)C2CN(CC3Cc4ccccc4C3)CC21. The van der Waals surface area contributed by atoms with E-state index in [-0.39, 0.29) is 11.2 Å². The zero-order chi connectivity index (χ0) is 20.2. The molecule has 0 aromatic heterocycles. The number of sulfonamides is 1. The van der Waals surface area contributed by atoms with Crippen LogP contribution < -0.4 is 5.14 Å². The van der Waals surface area contributed by atoms with Crippen LogP contribution in [0.4, 0.5) is 0 Å². The highest BCUT2D eigenvalue weighted by atomic mass is 32.2. The van der Waals surface area contributed by atoms with Gasteiger partial charge in [0.1, 0.15) is 0 Å². The van der Waals surface area contributed by atoms with E-state index in [1.165, 1.54) is 49.2 Å². The highest BCUT2D eigenvalue weighted by Crippen LogP contribution is 2.65. The molecule has 0 radical (unpaired) electrons. The Morgan fingerprint density at radius 1 is 1.03 bits per heavy atom. The molecule has 1 saturated heterocycles. The van der Waals surface area contributed by atoms with Gasteiger partial charge in [-0.2, -0.15) is 0 Å². The largest absolute Gasteiger partial charge is 0.302 e. The van der Waals surface area contributed by atoms with Crippen LogP contribution in [-0.2, 0) is 34.0 Å². The summed E-state index contributed by atoms with van der Waals surface area (Å²) in [6.45, 7) is 5.82. The number of rotatable bonds is 6. The molecule has 2 fully saturated rings. The molecule has 0 spiro atoms. The summed E-state index contributed by atoms with van der Waals surface area (Å²) in [6.07, 6.45) is 3.55. The lowest BCUT2D eigenvalue weighted by atomic mass is 9.86. The van der Waals surface area contributed by atoms with Gasteiger partial charge < -0.3 is 4.90 Å². The van der Waals surface area contributed by atoms with Crippen LogP contribution in [0.5, 0.6) is 0 Å². The molecule has 0 amide bonds. The van der Waals surface area contributed by atoms with Gasteiger partial charge in [0.25, 0.3) is 0 Å². The molecule has 0 bridgehead atoms. The van der Waals surface area contributed by atoms with Crippen molar-refractivity contribution in [3.63, 3.8) is 0 Å². The highest BCUT2D eigenvalue weighted by Gasteiger charge is 2.67. The van der Waals surface area contributed by atoms with Crippen molar-refractivity contribution in [2.24, 2.45) is 22.9 Å². The molecule has 2 aromatic rings. The van der Waals surface area contributed by atoms with Crippen LogP contribution in [0.3, 0.4) is 0 Å². The summed E-state index contributed by atoms with van der Waals surface area (Å²) in [7, 11) is -3.50. The average Bonchev–Trinajstić information content (AvgIpc) is 2.98.